The second kappa shape index (κ2) is 46.2. The molecule has 0 atom stereocenters. The topological polar surface area (TPSA) is 382 Å². The molecule has 4 amide bonds. The normalized spacial score (nSPS) is 9.51. The van der Waals surface area contributed by atoms with Crippen molar-refractivity contribution in [3.8, 4) is 0 Å². The van der Waals surface area contributed by atoms with Gasteiger partial charge in [-0.25, -0.2) is 0 Å². The van der Waals surface area contributed by atoms with E-state index in [0.29, 0.717) is 26.4 Å². The number of aliphatic carboxylic acids is 4. The van der Waals surface area contributed by atoms with E-state index in [2.05, 4.69) is 21.3 Å². The number of hydrogen-bond donors (Lipinski definition) is 4. The van der Waals surface area contributed by atoms with Crippen LogP contribution in [-0.4, -0.2) is 150 Å². The summed E-state index contributed by atoms with van der Waals surface area (Å²) in [5.41, 5.74) is 0. The summed E-state index contributed by atoms with van der Waals surface area (Å²) in [5, 5.41) is 48.3. The van der Waals surface area contributed by atoms with Gasteiger partial charge in [-0.1, -0.05) is 53.4 Å². The number of carbonyl (C=O) groups excluding carboxylic acids is 12. The molecule has 0 aromatic heterocycles. The van der Waals surface area contributed by atoms with Gasteiger partial charge in [0.25, 0.3) is 0 Å². The molecule has 0 unspecified atom stereocenters. The Labute approximate surface area is 372 Å². The van der Waals surface area contributed by atoms with E-state index in [0.717, 1.165) is 51.4 Å². The van der Waals surface area contributed by atoms with Gasteiger partial charge >= 0.3 is 26.2 Å². The molecule has 0 saturated carbocycles. The molecule has 344 valence electrons. The van der Waals surface area contributed by atoms with Gasteiger partial charge in [-0.2, -0.15) is 0 Å². The fraction of sp³-hybridized carbons (Fsp3) is 0.667. The van der Waals surface area contributed by atoms with Gasteiger partial charge in [-0.3, -0.25) is 38.4 Å². The molecular formula is C36H56N4O20Zr. The number of amides is 4. The van der Waals surface area contributed by atoms with Gasteiger partial charge in [0, 0.05) is 26.4 Å². The molecule has 0 bridgehead atoms. The number of carbonyl (C=O) groups is 12. The van der Waals surface area contributed by atoms with Crippen LogP contribution in [0.1, 0.15) is 79.1 Å². The van der Waals surface area contributed by atoms with E-state index < -0.39 is 96.8 Å². The SMILES string of the molecule is CCCCOCC(=O)NCC(=O)C(=O)[O-].CCCCOCC(=O)NCC(=O)C(=O)[O-].CCCCOCC(=O)NCC(=O)C(=O)[O-].CCCCOCC(=O)NCC(=O)C(=O)[O-].[Zr+4]. The van der Waals surface area contributed by atoms with Gasteiger partial charge in [-0.15, -0.1) is 0 Å². The first-order chi connectivity index (χ1) is 28.3. The fourth-order valence-electron chi connectivity index (χ4n) is 2.85. The molecule has 0 aromatic carbocycles. The van der Waals surface area contributed by atoms with Crippen molar-refractivity contribution in [3.05, 3.63) is 0 Å². The van der Waals surface area contributed by atoms with Crippen LogP contribution >= 0.6 is 0 Å². The molecule has 0 aromatic rings. The molecule has 0 heterocycles. The summed E-state index contributed by atoms with van der Waals surface area (Å²) >= 11 is 0. The Bertz CT molecular complexity index is 1160. The summed E-state index contributed by atoms with van der Waals surface area (Å²) in [4.78, 5) is 126. The van der Waals surface area contributed by atoms with Crippen molar-refractivity contribution in [1.82, 2.24) is 21.3 Å². The number of nitrogens with one attached hydrogen (secondary N) is 4. The minimum atomic E-state index is -1.80. The largest absolute Gasteiger partial charge is 4.00 e. The van der Waals surface area contributed by atoms with Gasteiger partial charge in [0.1, 0.15) is 50.3 Å². The third-order valence-corrected chi connectivity index (χ3v) is 6.20. The zero-order chi connectivity index (χ0) is 46.7. The van der Waals surface area contributed by atoms with Crippen molar-refractivity contribution < 1.29 is 123 Å². The Hall–Kier alpha value is -4.84. The molecule has 24 nitrogen and oxygen atoms in total. The Kier molecular flexibility index (Phi) is 49.5. The summed E-state index contributed by atoms with van der Waals surface area (Å²) in [6.07, 6.45) is 7.26. The van der Waals surface area contributed by atoms with Crippen LogP contribution in [0.15, 0.2) is 0 Å². The van der Waals surface area contributed by atoms with E-state index in [9.17, 15) is 78.0 Å². The predicted octanol–water partition coefficient (Wildman–Crippen LogP) is -7.05. The standard InChI is InChI=1S/4C9H15NO5.Zr/c4*1-2-3-4-15-6-8(12)10-5-7(11)9(13)14;/h4*2-6H2,1H3,(H,10,12)(H,13,14);/q;;;;+4/p-4. The number of Topliss-reactive ketones (excluding diaryl/α,β-unsaturated/α-hetero) is 4. The van der Waals surface area contributed by atoms with Crippen LogP contribution in [0.4, 0.5) is 0 Å². The molecule has 0 fully saturated rings. The van der Waals surface area contributed by atoms with Crippen molar-refractivity contribution >= 4 is 70.6 Å². The molecule has 0 radical (unpaired) electrons. The minimum absolute atomic E-state index is 0. The molecule has 0 aliphatic carbocycles. The van der Waals surface area contributed by atoms with E-state index in [-0.39, 0.29) is 52.6 Å². The summed E-state index contributed by atoms with van der Waals surface area (Å²) in [5.74, 6) is -13.9. The molecule has 0 spiro atoms. The fourth-order valence-corrected chi connectivity index (χ4v) is 2.85. The van der Waals surface area contributed by atoms with Crippen LogP contribution in [-0.2, 0) is 103 Å². The van der Waals surface area contributed by atoms with Crippen molar-refractivity contribution in [1.29, 1.82) is 0 Å². The third kappa shape index (κ3) is 51.2. The maximum Gasteiger partial charge on any atom is 4.00 e. The molecule has 0 saturated heterocycles. The Balaban J connectivity index is -0.000000227. The average Bonchev–Trinajstić information content (AvgIpc) is 3.21. The Morgan fingerprint density at radius 3 is 0.639 bits per heavy atom. The van der Waals surface area contributed by atoms with Crippen LogP contribution < -0.4 is 41.7 Å². The maximum absolute atomic E-state index is 10.9. The first-order valence-corrected chi connectivity index (χ1v) is 18.6. The summed E-state index contributed by atoms with van der Waals surface area (Å²) in [6.45, 7) is 6.94. The summed E-state index contributed by atoms with van der Waals surface area (Å²) < 4.78 is 19.8. The third-order valence-electron chi connectivity index (χ3n) is 6.20. The average molecular weight is 956 g/mol. The maximum atomic E-state index is 10.9. The van der Waals surface area contributed by atoms with Crippen LogP contribution in [0.2, 0.25) is 0 Å². The number of carboxylic acids is 4. The van der Waals surface area contributed by atoms with Crippen molar-refractivity contribution in [3.63, 3.8) is 0 Å². The van der Waals surface area contributed by atoms with Gasteiger partial charge in [0.05, 0.1) is 26.2 Å². The molecule has 0 aliphatic heterocycles. The van der Waals surface area contributed by atoms with Crippen LogP contribution in [0.3, 0.4) is 0 Å². The van der Waals surface area contributed by atoms with E-state index in [1.165, 1.54) is 0 Å². The van der Waals surface area contributed by atoms with Crippen molar-refractivity contribution in [2.75, 3.05) is 79.0 Å². The zero-order valence-corrected chi connectivity index (χ0v) is 37.3. The number of ketones is 4. The van der Waals surface area contributed by atoms with E-state index >= 15 is 0 Å². The Morgan fingerprint density at radius 1 is 0.344 bits per heavy atom. The van der Waals surface area contributed by atoms with Crippen LogP contribution in [0, 0.1) is 0 Å². The van der Waals surface area contributed by atoms with Gasteiger partial charge in [0.2, 0.25) is 23.6 Å². The van der Waals surface area contributed by atoms with Gasteiger partial charge in [0.15, 0.2) is 23.1 Å². The van der Waals surface area contributed by atoms with Crippen LogP contribution in [0.5, 0.6) is 0 Å². The predicted molar refractivity (Wildman–Crippen MR) is 195 cm³/mol. The number of carboxylic acid groups (broad SMARTS) is 4. The van der Waals surface area contributed by atoms with Crippen molar-refractivity contribution in [2.24, 2.45) is 0 Å². The number of rotatable bonds is 32. The first kappa shape index (κ1) is 65.3. The number of ether oxygens (including phenoxy) is 4. The molecule has 25 heteroatoms. The number of unbranched alkanes of at least 4 members (excludes halogenated alkanes) is 4. The molecule has 0 aliphatic rings. The molecule has 61 heavy (non-hydrogen) atoms. The molecule has 0 rings (SSSR count). The first-order valence-electron chi connectivity index (χ1n) is 18.6. The van der Waals surface area contributed by atoms with E-state index in [4.69, 9.17) is 18.9 Å². The molecular weight excluding hydrogens is 900 g/mol. The number of hydrogen-bond acceptors (Lipinski definition) is 20. The molecule has 4 N–H and O–H groups in total. The second-order valence-corrected chi connectivity index (χ2v) is 11.6. The smallest absolute Gasteiger partial charge is 0.542 e. The quantitative estimate of drug-likeness (QED) is 0.0359. The van der Waals surface area contributed by atoms with Gasteiger partial charge < -0.3 is 79.8 Å². The Morgan fingerprint density at radius 2 is 0.508 bits per heavy atom. The second-order valence-electron chi connectivity index (χ2n) is 11.6. The van der Waals surface area contributed by atoms with Crippen LogP contribution in [0.25, 0.3) is 0 Å². The summed E-state index contributed by atoms with van der Waals surface area (Å²) in [6, 6.07) is 0. The minimum Gasteiger partial charge on any atom is -0.542 e. The van der Waals surface area contributed by atoms with E-state index in [1.807, 2.05) is 27.7 Å². The van der Waals surface area contributed by atoms with Gasteiger partial charge in [-0.05, 0) is 25.7 Å². The zero-order valence-electron chi connectivity index (χ0n) is 34.8. The van der Waals surface area contributed by atoms with E-state index in [1.54, 1.807) is 0 Å². The monoisotopic (exact) mass is 954 g/mol. The van der Waals surface area contributed by atoms with Crippen molar-refractivity contribution in [2.45, 2.75) is 79.1 Å². The summed E-state index contributed by atoms with van der Waals surface area (Å²) in [7, 11) is 0.